The van der Waals surface area contributed by atoms with Crippen molar-refractivity contribution in [2.45, 2.75) is 24.6 Å². The molecule has 1 aliphatic rings. The molecule has 3 nitrogen and oxygen atoms in total. The summed E-state index contributed by atoms with van der Waals surface area (Å²) in [7, 11) is 0. The maximum absolute atomic E-state index is 13.5. The van der Waals surface area contributed by atoms with Gasteiger partial charge in [0.2, 0.25) is 0 Å². The molecule has 3 unspecified atom stereocenters. The number of aliphatic hydroxyl groups is 1. The van der Waals surface area contributed by atoms with Crippen LogP contribution in [0.4, 0.5) is 30.7 Å². The number of halogens is 8. The van der Waals surface area contributed by atoms with Gasteiger partial charge >= 0.3 is 12.4 Å². The third kappa shape index (κ3) is 3.18. The van der Waals surface area contributed by atoms with Crippen LogP contribution in [-0.4, -0.2) is 23.2 Å². The van der Waals surface area contributed by atoms with Crippen molar-refractivity contribution in [3.63, 3.8) is 0 Å². The molecule has 0 aliphatic heterocycles. The summed E-state index contributed by atoms with van der Waals surface area (Å²) in [4.78, 5) is 12.0. The molecular weight excluding hydrogens is 452 g/mol. The number of hydrogen-bond acceptors (Lipinski definition) is 3. The molecule has 0 amide bonds. The molecule has 0 fully saturated rings. The standard InChI is InChI=1S/C12H6F7IO3/c13-6-2-4-3(1-5(6)11(14,15)16)8(21)7(9(4)22)10(23-20)12(17,18)19/h1-2,7-8,10,21H. The summed E-state index contributed by atoms with van der Waals surface area (Å²) in [5, 5.41) is 9.86. The molecule has 0 saturated carbocycles. The summed E-state index contributed by atoms with van der Waals surface area (Å²) < 4.78 is 94.1. The third-order valence-electron chi connectivity index (χ3n) is 3.42. The van der Waals surface area contributed by atoms with Crippen molar-refractivity contribution in [2.24, 2.45) is 5.92 Å². The summed E-state index contributed by atoms with van der Waals surface area (Å²) in [6.07, 6.45) is -15.1. The van der Waals surface area contributed by atoms with Crippen LogP contribution in [0, 0.1) is 11.7 Å². The zero-order valence-corrected chi connectivity index (χ0v) is 12.8. The van der Waals surface area contributed by atoms with E-state index in [2.05, 4.69) is 3.07 Å². The molecule has 0 radical (unpaired) electrons. The second-order valence-corrected chi connectivity index (χ2v) is 5.31. The third-order valence-corrected chi connectivity index (χ3v) is 3.96. The molecule has 1 aromatic rings. The summed E-state index contributed by atoms with van der Waals surface area (Å²) in [5.41, 5.74) is -3.21. The largest absolute Gasteiger partial charge is 0.419 e. The highest BCUT2D eigenvalue weighted by Gasteiger charge is 2.55. The second-order valence-electron chi connectivity index (χ2n) is 4.80. The van der Waals surface area contributed by atoms with E-state index in [0.29, 0.717) is 0 Å². The molecule has 1 aromatic carbocycles. The summed E-state index contributed by atoms with van der Waals surface area (Å²) in [6.45, 7) is 0. The van der Waals surface area contributed by atoms with Crippen molar-refractivity contribution in [3.8, 4) is 0 Å². The van der Waals surface area contributed by atoms with Gasteiger partial charge in [-0.05, 0) is 17.7 Å². The Bertz CT molecular complexity index is 641. The van der Waals surface area contributed by atoms with E-state index < -0.39 is 58.8 Å². The zero-order valence-electron chi connectivity index (χ0n) is 10.7. The number of benzene rings is 1. The highest BCUT2D eigenvalue weighted by Crippen LogP contribution is 2.46. The Balaban J connectivity index is 2.55. The number of hydrogen-bond donors (Lipinski definition) is 1. The van der Waals surface area contributed by atoms with Crippen LogP contribution in [0.3, 0.4) is 0 Å². The van der Waals surface area contributed by atoms with Gasteiger partial charge in [-0.25, -0.2) is 4.39 Å². The summed E-state index contributed by atoms with van der Waals surface area (Å²) in [6, 6.07) is 0.332. The highest BCUT2D eigenvalue weighted by molar-refractivity contribution is 14.1. The van der Waals surface area contributed by atoms with Gasteiger partial charge in [0, 0.05) is 5.56 Å². The highest BCUT2D eigenvalue weighted by atomic mass is 127. The van der Waals surface area contributed by atoms with Crippen molar-refractivity contribution >= 4 is 28.8 Å². The summed E-state index contributed by atoms with van der Waals surface area (Å²) >= 11 is 0.873. The van der Waals surface area contributed by atoms with Crippen LogP contribution in [0.15, 0.2) is 12.1 Å². The van der Waals surface area contributed by atoms with E-state index in [-0.39, 0.29) is 12.1 Å². The lowest BCUT2D eigenvalue weighted by atomic mass is 9.95. The van der Waals surface area contributed by atoms with Crippen LogP contribution >= 0.6 is 23.0 Å². The summed E-state index contributed by atoms with van der Waals surface area (Å²) in [5.74, 6) is -5.35. The molecule has 11 heteroatoms. The van der Waals surface area contributed by atoms with E-state index in [1.165, 1.54) is 0 Å². The molecular formula is C12H6F7IO3. The predicted octanol–water partition coefficient (Wildman–Crippen LogP) is 3.99. The Morgan fingerprint density at radius 2 is 1.74 bits per heavy atom. The number of alkyl halides is 6. The molecule has 1 N–H and O–H groups in total. The van der Waals surface area contributed by atoms with Crippen molar-refractivity contribution < 1.29 is 43.7 Å². The lowest BCUT2D eigenvalue weighted by Gasteiger charge is -2.24. The fourth-order valence-electron chi connectivity index (χ4n) is 2.39. The van der Waals surface area contributed by atoms with E-state index in [9.17, 15) is 40.6 Å². The Labute approximate surface area is 138 Å². The van der Waals surface area contributed by atoms with Crippen molar-refractivity contribution in [2.75, 3.05) is 0 Å². The SMILES string of the molecule is O=C1c2cc(F)c(C(F)(F)F)cc2C(O)C1C(OI)C(F)(F)F. The number of carbonyl (C=O) groups excluding carboxylic acids is 1. The molecule has 0 heterocycles. The second kappa shape index (κ2) is 5.84. The van der Waals surface area contributed by atoms with Gasteiger partial charge in [0.25, 0.3) is 0 Å². The average Bonchev–Trinajstić information content (AvgIpc) is 2.61. The van der Waals surface area contributed by atoms with Gasteiger partial charge in [-0.2, -0.15) is 26.3 Å². The smallest absolute Gasteiger partial charge is 0.388 e. The molecule has 0 saturated heterocycles. The number of fused-ring (bicyclic) bond motifs is 1. The molecule has 0 bridgehead atoms. The Hall–Kier alpha value is -0.950. The predicted molar refractivity (Wildman–Crippen MR) is 69.1 cm³/mol. The van der Waals surface area contributed by atoms with E-state index >= 15 is 0 Å². The van der Waals surface area contributed by atoms with Gasteiger partial charge in [0.1, 0.15) is 28.8 Å². The number of Topliss-reactive ketones (excluding diaryl/α,β-unsaturated/α-hetero) is 1. The first-order valence-electron chi connectivity index (χ1n) is 5.86. The van der Waals surface area contributed by atoms with Crippen LogP contribution in [0.25, 0.3) is 0 Å². The van der Waals surface area contributed by atoms with Gasteiger partial charge in [-0.15, -0.1) is 0 Å². The quantitative estimate of drug-likeness (QED) is 0.539. The fourth-order valence-corrected chi connectivity index (χ4v) is 3.00. The first kappa shape index (κ1) is 18.4. The fraction of sp³-hybridized carbons (Fsp3) is 0.417. The topological polar surface area (TPSA) is 46.5 Å². The minimum Gasteiger partial charge on any atom is -0.388 e. The molecule has 0 spiro atoms. The molecule has 0 aromatic heterocycles. The Kier molecular flexibility index (Phi) is 4.67. The van der Waals surface area contributed by atoms with Gasteiger partial charge < -0.3 is 8.17 Å². The number of aliphatic hydroxyl groups excluding tert-OH is 1. The zero-order chi connectivity index (χ0) is 17.7. The minimum atomic E-state index is -5.12. The van der Waals surface area contributed by atoms with Crippen LogP contribution in [-0.2, 0) is 9.24 Å². The minimum absolute atomic E-state index is 0.147. The molecule has 2 rings (SSSR count). The van der Waals surface area contributed by atoms with Crippen LogP contribution in [0.2, 0.25) is 0 Å². The maximum Gasteiger partial charge on any atom is 0.419 e. The molecule has 1 aliphatic carbocycles. The first-order valence-corrected chi connectivity index (χ1v) is 6.74. The molecule has 23 heavy (non-hydrogen) atoms. The monoisotopic (exact) mass is 458 g/mol. The van der Waals surface area contributed by atoms with Gasteiger partial charge in [0.05, 0.1) is 17.6 Å². The van der Waals surface area contributed by atoms with E-state index in [1.54, 1.807) is 0 Å². The van der Waals surface area contributed by atoms with Crippen LogP contribution < -0.4 is 0 Å². The van der Waals surface area contributed by atoms with Crippen LogP contribution in [0.1, 0.15) is 27.6 Å². The molecule has 128 valence electrons. The van der Waals surface area contributed by atoms with E-state index in [1.807, 2.05) is 0 Å². The average molecular weight is 458 g/mol. The Morgan fingerprint density at radius 1 is 1.17 bits per heavy atom. The Morgan fingerprint density at radius 3 is 2.17 bits per heavy atom. The first-order chi connectivity index (χ1) is 10.4. The van der Waals surface area contributed by atoms with Gasteiger partial charge in [0.15, 0.2) is 11.9 Å². The van der Waals surface area contributed by atoms with E-state index in [0.717, 1.165) is 23.0 Å². The van der Waals surface area contributed by atoms with E-state index in [4.69, 9.17) is 0 Å². The number of rotatable bonds is 2. The van der Waals surface area contributed by atoms with Crippen molar-refractivity contribution in [3.05, 3.63) is 34.6 Å². The normalized spacial score (nSPS) is 23.1. The number of ketones is 1. The lowest BCUT2D eigenvalue weighted by Crippen LogP contribution is -2.40. The van der Waals surface area contributed by atoms with Crippen LogP contribution in [0.5, 0.6) is 0 Å². The van der Waals surface area contributed by atoms with Gasteiger partial charge in [-0.1, -0.05) is 0 Å². The molecule has 3 atom stereocenters. The van der Waals surface area contributed by atoms with Gasteiger partial charge in [-0.3, -0.25) is 4.79 Å². The number of carbonyl (C=O) groups is 1. The van der Waals surface area contributed by atoms with Crippen molar-refractivity contribution in [1.82, 2.24) is 0 Å². The lowest BCUT2D eigenvalue weighted by molar-refractivity contribution is -0.203. The maximum atomic E-state index is 13.5. The van der Waals surface area contributed by atoms with Crippen molar-refractivity contribution in [1.29, 1.82) is 0 Å².